The van der Waals surface area contributed by atoms with E-state index >= 15 is 0 Å². The minimum absolute atomic E-state index is 0.656. The fourth-order valence-corrected chi connectivity index (χ4v) is 6.34. The van der Waals surface area contributed by atoms with E-state index in [1.165, 1.54) is 5.39 Å². The van der Waals surface area contributed by atoms with Crippen LogP contribution in [0.25, 0.3) is 66.1 Å². The lowest BCUT2D eigenvalue weighted by atomic mass is 10.00. The third kappa shape index (κ3) is 3.47. The molecule has 0 saturated heterocycles. The fraction of sp³-hybridized carbons (Fsp3) is 0. The molecule has 6 aromatic carbocycles. The minimum Gasteiger partial charge on any atom is -0.309 e. The van der Waals surface area contributed by atoms with Gasteiger partial charge in [-0.05, 0) is 77.9 Å². The lowest BCUT2D eigenvalue weighted by Crippen LogP contribution is -1.96. The molecule has 0 fully saturated rings. The molecule has 0 aliphatic rings. The zero-order chi connectivity index (χ0) is 28.2. The summed E-state index contributed by atoms with van der Waals surface area (Å²) in [5, 5.41) is 23.8. The number of benzene rings is 6. The zero-order valence-corrected chi connectivity index (χ0v) is 22.5. The van der Waals surface area contributed by atoms with Gasteiger partial charge in [-0.1, -0.05) is 66.7 Å². The molecule has 0 N–H and O–H groups in total. The van der Waals surface area contributed by atoms with E-state index in [-0.39, 0.29) is 0 Å². The average molecular weight is 535 g/mol. The van der Waals surface area contributed by atoms with Gasteiger partial charge < -0.3 is 9.13 Å². The van der Waals surface area contributed by atoms with Crippen LogP contribution in [0.2, 0.25) is 0 Å². The fourth-order valence-electron chi connectivity index (χ4n) is 6.34. The first-order chi connectivity index (χ1) is 20.7. The van der Waals surface area contributed by atoms with Crippen molar-refractivity contribution in [3.8, 4) is 34.6 Å². The first kappa shape index (κ1) is 23.8. The highest BCUT2D eigenvalue weighted by atomic mass is 15.0. The molecule has 8 rings (SSSR count). The second-order valence-electron chi connectivity index (χ2n) is 10.5. The Balaban J connectivity index is 1.38. The van der Waals surface area contributed by atoms with Crippen LogP contribution < -0.4 is 0 Å². The predicted octanol–water partition coefficient (Wildman–Crippen LogP) is 9.29. The van der Waals surface area contributed by atoms with Crippen molar-refractivity contribution in [1.29, 1.82) is 10.5 Å². The zero-order valence-electron chi connectivity index (χ0n) is 22.5. The number of nitriles is 2. The SMILES string of the molecule is N#Cc1ccc2c(c1)c1ccccc1n2-c1ccc2c(c1)c1ccccc1n2-c1cccc(-c2ccccc2C#N)c1. The standard InChI is InChI=1S/C38H22N4/c39-23-25-16-18-37-33(20-25)31-12-3-5-14-35(31)42(37)29-17-19-38-34(22-29)32-13-4-6-15-36(32)41(38)28-10-7-9-26(21-28)30-11-2-1-8-27(30)24-40/h1-22H. The summed E-state index contributed by atoms with van der Waals surface area (Å²) in [6.07, 6.45) is 0. The highest BCUT2D eigenvalue weighted by Gasteiger charge is 2.17. The topological polar surface area (TPSA) is 57.4 Å². The van der Waals surface area contributed by atoms with E-state index in [2.05, 4.69) is 106 Å². The smallest absolute Gasteiger partial charge is 0.0998 e. The van der Waals surface area contributed by atoms with Crippen molar-refractivity contribution in [2.45, 2.75) is 0 Å². The Kier molecular flexibility index (Phi) is 5.22. The van der Waals surface area contributed by atoms with E-state index < -0.39 is 0 Å². The van der Waals surface area contributed by atoms with Gasteiger partial charge in [0.05, 0.1) is 45.3 Å². The van der Waals surface area contributed by atoms with Crippen molar-refractivity contribution in [1.82, 2.24) is 9.13 Å². The number of rotatable bonds is 3. The van der Waals surface area contributed by atoms with Crippen LogP contribution in [0.4, 0.5) is 0 Å². The molecular weight excluding hydrogens is 512 g/mol. The molecule has 4 heteroatoms. The third-order valence-electron chi connectivity index (χ3n) is 8.18. The van der Waals surface area contributed by atoms with Gasteiger partial charge >= 0.3 is 0 Å². The van der Waals surface area contributed by atoms with Crippen molar-refractivity contribution in [2.24, 2.45) is 0 Å². The molecule has 0 saturated carbocycles. The van der Waals surface area contributed by atoms with E-state index in [1.807, 2.05) is 48.5 Å². The third-order valence-corrected chi connectivity index (χ3v) is 8.18. The molecule has 2 aromatic heterocycles. The maximum absolute atomic E-state index is 9.71. The lowest BCUT2D eigenvalue weighted by Gasteiger charge is -2.12. The van der Waals surface area contributed by atoms with Gasteiger partial charge in [-0.2, -0.15) is 10.5 Å². The molecule has 0 atom stereocenters. The second-order valence-corrected chi connectivity index (χ2v) is 10.5. The maximum Gasteiger partial charge on any atom is 0.0998 e. The molecule has 0 bridgehead atoms. The summed E-state index contributed by atoms with van der Waals surface area (Å²) < 4.78 is 4.59. The van der Waals surface area contributed by atoms with Crippen LogP contribution in [-0.2, 0) is 0 Å². The predicted molar refractivity (Wildman–Crippen MR) is 170 cm³/mol. The monoisotopic (exact) mass is 534 g/mol. The first-order valence-electron chi connectivity index (χ1n) is 13.8. The van der Waals surface area contributed by atoms with Crippen molar-refractivity contribution >= 4 is 43.6 Å². The Labute approximate surface area is 242 Å². The van der Waals surface area contributed by atoms with E-state index in [0.717, 1.165) is 60.7 Å². The molecule has 194 valence electrons. The molecule has 2 heterocycles. The largest absolute Gasteiger partial charge is 0.309 e. The molecule has 8 aromatic rings. The van der Waals surface area contributed by atoms with Crippen molar-refractivity contribution in [3.05, 3.63) is 145 Å². The van der Waals surface area contributed by atoms with Crippen molar-refractivity contribution < 1.29 is 0 Å². The van der Waals surface area contributed by atoms with Gasteiger partial charge in [0.2, 0.25) is 0 Å². The highest BCUT2D eigenvalue weighted by molar-refractivity contribution is 6.12. The van der Waals surface area contributed by atoms with E-state index in [1.54, 1.807) is 0 Å². The normalized spacial score (nSPS) is 11.3. The Morgan fingerprint density at radius 1 is 0.429 bits per heavy atom. The van der Waals surface area contributed by atoms with Gasteiger partial charge in [0, 0.05) is 32.9 Å². The molecule has 0 unspecified atom stereocenters. The number of fused-ring (bicyclic) bond motifs is 6. The summed E-state index contributed by atoms with van der Waals surface area (Å²) in [6.45, 7) is 0. The summed E-state index contributed by atoms with van der Waals surface area (Å²) in [5.41, 5.74) is 9.77. The number of hydrogen-bond donors (Lipinski definition) is 0. The molecule has 0 radical (unpaired) electrons. The Bertz CT molecular complexity index is 2440. The quantitative estimate of drug-likeness (QED) is 0.227. The van der Waals surface area contributed by atoms with Crippen LogP contribution in [-0.4, -0.2) is 9.13 Å². The van der Waals surface area contributed by atoms with Crippen molar-refractivity contribution in [3.63, 3.8) is 0 Å². The van der Waals surface area contributed by atoms with Gasteiger partial charge in [-0.25, -0.2) is 0 Å². The highest BCUT2D eigenvalue weighted by Crippen LogP contribution is 2.37. The van der Waals surface area contributed by atoms with Gasteiger partial charge in [0.1, 0.15) is 0 Å². The summed E-state index contributed by atoms with van der Waals surface area (Å²) in [6, 6.07) is 50.2. The molecule has 0 aliphatic carbocycles. The molecular formula is C38H22N4. The molecule has 0 amide bonds. The Morgan fingerprint density at radius 3 is 1.74 bits per heavy atom. The van der Waals surface area contributed by atoms with Gasteiger partial charge in [0.25, 0.3) is 0 Å². The van der Waals surface area contributed by atoms with Gasteiger partial charge in [-0.3, -0.25) is 0 Å². The summed E-state index contributed by atoms with van der Waals surface area (Å²) >= 11 is 0. The minimum atomic E-state index is 0.656. The van der Waals surface area contributed by atoms with Crippen LogP contribution in [0.1, 0.15) is 11.1 Å². The van der Waals surface area contributed by atoms with Crippen molar-refractivity contribution in [2.75, 3.05) is 0 Å². The Morgan fingerprint density at radius 2 is 1.02 bits per heavy atom. The summed E-state index contributed by atoms with van der Waals surface area (Å²) in [7, 11) is 0. The first-order valence-corrected chi connectivity index (χ1v) is 13.8. The average Bonchev–Trinajstić information content (AvgIpc) is 3.57. The lowest BCUT2D eigenvalue weighted by molar-refractivity contribution is 1.16. The van der Waals surface area contributed by atoms with Crippen LogP contribution in [0, 0.1) is 22.7 Å². The second kappa shape index (κ2) is 9.24. The molecule has 0 spiro atoms. The van der Waals surface area contributed by atoms with E-state index in [9.17, 15) is 10.5 Å². The molecule has 42 heavy (non-hydrogen) atoms. The molecule has 4 nitrogen and oxygen atoms in total. The number of nitrogens with zero attached hydrogens (tertiary/aromatic N) is 4. The summed E-state index contributed by atoms with van der Waals surface area (Å²) in [4.78, 5) is 0. The van der Waals surface area contributed by atoms with E-state index in [0.29, 0.717) is 11.1 Å². The summed E-state index contributed by atoms with van der Waals surface area (Å²) in [5.74, 6) is 0. The van der Waals surface area contributed by atoms with Crippen LogP contribution in [0.5, 0.6) is 0 Å². The van der Waals surface area contributed by atoms with E-state index in [4.69, 9.17) is 0 Å². The van der Waals surface area contributed by atoms with Gasteiger partial charge in [-0.15, -0.1) is 0 Å². The maximum atomic E-state index is 9.71. The van der Waals surface area contributed by atoms with Crippen LogP contribution in [0.3, 0.4) is 0 Å². The number of para-hydroxylation sites is 2. The van der Waals surface area contributed by atoms with Crippen LogP contribution in [0.15, 0.2) is 133 Å². The van der Waals surface area contributed by atoms with Crippen LogP contribution >= 0.6 is 0 Å². The molecule has 0 aliphatic heterocycles. The Hall–Kier alpha value is -6.10. The number of hydrogen-bond acceptors (Lipinski definition) is 2. The number of aromatic nitrogens is 2. The van der Waals surface area contributed by atoms with Gasteiger partial charge in [0.15, 0.2) is 0 Å².